The first-order chi connectivity index (χ1) is 14.0. The highest BCUT2D eigenvalue weighted by Gasteiger charge is 2.12. The Morgan fingerprint density at radius 1 is 1.10 bits per heavy atom. The molecular formula is C22H22N2O4S. The molecule has 7 heteroatoms. The molecule has 0 bridgehead atoms. The molecule has 0 aliphatic rings. The number of carbonyl (C=O) groups excluding carboxylic acids is 2. The van der Waals surface area contributed by atoms with E-state index in [-0.39, 0.29) is 12.5 Å². The van der Waals surface area contributed by atoms with E-state index in [1.807, 2.05) is 43.5 Å². The highest BCUT2D eigenvalue weighted by Crippen LogP contribution is 2.17. The van der Waals surface area contributed by atoms with Crippen LogP contribution in [-0.4, -0.2) is 23.5 Å². The molecule has 0 fully saturated rings. The van der Waals surface area contributed by atoms with Gasteiger partial charge in [0, 0.05) is 11.1 Å². The van der Waals surface area contributed by atoms with E-state index in [1.165, 1.54) is 0 Å². The summed E-state index contributed by atoms with van der Waals surface area (Å²) >= 11 is 1.57. The van der Waals surface area contributed by atoms with E-state index in [1.54, 1.807) is 35.6 Å². The Morgan fingerprint density at radius 3 is 2.55 bits per heavy atom. The van der Waals surface area contributed by atoms with Gasteiger partial charge in [0.25, 0.3) is 5.91 Å². The van der Waals surface area contributed by atoms with Gasteiger partial charge < -0.3 is 14.8 Å². The summed E-state index contributed by atoms with van der Waals surface area (Å²) in [5.41, 5.74) is 2.97. The molecule has 3 aromatic rings. The molecule has 0 atom stereocenters. The molecule has 0 aliphatic carbocycles. The molecule has 0 saturated heterocycles. The third kappa shape index (κ3) is 5.89. The Bertz CT molecular complexity index is 982. The summed E-state index contributed by atoms with van der Waals surface area (Å²) < 4.78 is 10.8. The number of hydrogen-bond acceptors (Lipinski definition) is 6. The molecule has 1 amide bonds. The average Bonchev–Trinajstić information content (AvgIpc) is 3.16. The predicted molar refractivity (Wildman–Crippen MR) is 112 cm³/mol. The second-order valence-electron chi connectivity index (χ2n) is 6.31. The van der Waals surface area contributed by atoms with Crippen LogP contribution >= 0.6 is 11.3 Å². The molecular weight excluding hydrogens is 388 g/mol. The summed E-state index contributed by atoms with van der Waals surface area (Å²) in [5, 5.41) is 5.71. The Hall–Kier alpha value is -3.19. The third-order valence-corrected chi connectivity index (χ3v) is 4.97. The predicted octanol–water partition coefficient (Wildman–Crippen LogP) is 4.39. The number of carbonyl (C=O) groups is 2. The minimum atomic E-state index is -0.564. The minimum Gasteiger partial charge on any atom is -0.487 e. The molecule has 150 valence electrons. The molecule has 3 rings (SSSR count). The van der Waals surface area contributed by atoms with Crippen LogP contribution in [-0.2, 0) is 22.6 Å². The van der Waals surface area contributed by atoms with E-state index in [0.29, 0.717) is 17.9 Å². The molecule has 1 N–H and O–H groups in total. The van der Waals surface area contributed by atoms with Gasteiger partial charge in [-0.1, -0.05) is 25.1 Å². The first kappa shape index (κ1) is 20.5. The van der Waals surface area contributed by atoms with Crippen LogP contribution in [0, 0.1) is 6.92 Å². The standard InChI is InChI=1S/C22H22N2O4S/c1-3-16-6-4-5-7-20(16)24-21(25)13-28-22(26)17-8-10-19(11-9-17)27-12-18-14-29-15(2)23-18/h4-11,14H,3,12-13H2,1-2H3,(H,24,25). The summed E-state index contributed by atoms with van der Waals surface area (Å²) in [6.45, 7) is 3.97. The molecule has 0 spiro atoms. The molecule has 0 unspecified atom stereocenters. The van der Waals surface area contributed by atoms with Gasteiger partial charge in [-0.05, 0) is 49.2 Å². The lowest BCUT2D eigenvalue weighted by Crippen LogP contribution is -2.21. The van der Waals surface area contributed by atoms with Crippen LogP contribution in [0.4, 0.5) is 5.69 Å². The number of thiazole rings is 1. The fraction of sp³-hybridized carbons (Fsp3) is 0.227. The number of esters is 1. The number of hydrogen-bond donors (Lipinski definition) is 1. The highest BCUT2D eigenvalue weighted by atomic mass is 32.1. The zero-order chi connectivity index (χ0) is 20.6. The smallest absolute Gasteiger partial charge is 0.338 e. The molecule has 0 saturated carbocycles. The number of benzene rings is 2. The molecule has 1 heterocycles. The van der Waals surface area contributed by atoms with E-state index in [4.69, 9.17) is 9.47 Å². The number of ether oxygens (including phenoxy) is 2. The van der Waals surface area contributed by atoms with Gasteiger partial charge >= 0.3 is 5.97 Å². The van der Waals surface area contributed by atoms with E-state index in [9.17, 15) is 9.59 Å². The Labute approximate surface area is 173 Å². The zero-order valence-corrected chi connectivity index (χ0v) is 17.1. The molecule has 0 radical (unpaired) electrons. The van der Waals surface area contributed by atoms with Crippen molar-refractivity contribution in [2.75, 3.05) is 11.9 Å². The molecule has 29 heavy (non-hydrogen) atoms. The van der Waals surface area contributed by atoms with Crippen molar-refractivity contribution in [3.8, 4) is 5.75 Å². The van der Waals surface area contributed by atoms with Gasteiger partial charge in [-0.3, -0.25) is 4.79 Å². The van der Waals surface area contributed by atoms with Crippen LogP contribution < -0.4 is 10.1 Å². The fourth-order valence-electron chi connectivity index (χ4n) is 2.67. The van der Waals surface area contributed by atoms with E-state index in [2.05, 4.69) is 10.3 Å². The van der Waals surface area contributed by atoms with Crippen LogP contribution in [0.15, 0.2) is 53.9 Å². The van der Waals surface area contributed by atoms with Crippen molar-refractivity contribution in [2.45, 2.75) is 26.9 Å². The molecule has 6 nitrogen and oxygen atoms in total. The lowest BCUT2D eigenvalue weighted by atomic mass is 10.1. The topological polar surface area (TPSA) is 77.5 Å². The van der Waals surface area contributed by atoms with Gasteiger partial charge in [-0.15, -0.1) is 11.3 Å². The summed E-state index contributed by atoms with van der Waals surface area (Å²) in [6.07, 6.45) is 0.798. The Kier molecular flexibility index (Phi) is 6.97. The van der Waals surface area contributed by atoms with Crippen molar-refractivity contribution >= 4 is 28.9 Å². The van der Waals surface area contributed by atoms with Crippen LogP contribution in [0.5, 0.6) is 5.75 Å². The average molecular weight is 410 g/mol. The first-order valence-electron chi connectivity index (χ1n) is 9.24. The van der Waals surface area contributed by atoms with Gasteiger partial charge in [0.1, 0.15) is 12.4 Å². The van der Waals surface area contributed by atoms with Crippen LogP contribution in [0.2, 0.25) is 0 Å². The number of aromatic nitrogens is 1. The number of nitrogens with zero attached hydrogens (tertiary/aromatic N) is 1. The minimum absolute atomic E-state index is 0.349. The third-order valence-electron chi connectivity index (χ3n) is 4.15. The quantitative estimate of drug-likeness (QED) is 0.558. The SMILES string of the molecule is CCc1ccccc1NC(=O)COC(=O)c1ccc(OCc2csc(C)n2)cc1. The summed E-state index contributed by atoms with van der Waals surface area (Å²) in [5.74, 6) is -0.315. The highest BCUT2D eigenvalue weighted by molar-refractivity contribution is 7.09. The van der Waals surface area contributed by atoms with Crippen molar-refractivity contribution < 1.29 is 19.1 Å². The largest absolute Gasteiger partial charge is 0.487 e. The lowest BCUT2D eigenvalue weighted by Gasteiger charge is -2.10. The number of aryl methyl sites for hydroxylation is 2. The second-order valence-corrected chi connectivity index (χ2v) is 7.37. The number of nitrogens with one attached hydrogen (secondary N) is 1. The van der Waals surface area contributed by atoms with Gasteiger partial charge in [-0.2, -0.15) is 0 Å². The molecule has 0 aliphatic heterocycles. The lowest BCUT2D eigenvalue weighted by molar-refractivity contribution is -0.119. The number of rotatable bonds is 8. The van der Waals surface area contributed by atoms with Crippen molar-refractivity contribution in [3.63, 3.8) is 0 Å². The molecule has 2 aromatic carbocycles. The molecule has 1 aromatic heterocycles. The first-order valence-corrected chi connectivity index (χ1v) is 10.1. The van der Waals surface area contributed by atoms with Crippen molar-refractivity contribution in [1.82, 2.24) is 4.98 Å². The fourth-order valence-corrected chi connectivity index (χ4v) is 3.27. The Balaban J connectivity index is 1.48. The van der Waals surface area contributed by atoms with Gasteiger partial charge in [0.2, 0.25) is 0 Å². The van der Waals surface area contributed by atoms with Crippen molar-refractivity contribution in [3.05, 3.63) is 75.7 Å². The van der Waals surface area contributed by atoms with E-state index >= 15 is 0 Å². The van der Waals surface area contributed by atoms with Crippen molar-refractivity contribution in [2.24, 2.45) is 0 Å². The number of anilines is 1. The van der Waals surface area contributed by atoms with Crippen molar-refractivity contribution in [1.29, 1.82) is 0 Å². The van der Waals surface area contributed by atoms with Gasteiger partial charge in [-0.25, -0.2) is 9.78 Å². The summed E-state index contributed by atoms with van der Waals surface area (Å²) in [6, 6.07) is 14.1. The van der Waals surface area contributed by atoms with E-state index in [0.717, 1.165) is 28.4 Å². The van der Waals surface area contributed by atoms with Gasteiger partial charge in [0.05, 0.1) is 16.3 Å². The number of amides is 1. The van der Waals surface area contributed by atoms with Crippen LogP contribution in [0.25, 0.3) is 0 Å². The maximum atomic E-state index is 12.2. The maximum Gasteiger partial charge on any atom is 0.338 e. The van der Waals surface area contributed by atoms with Crippen LogP contribution in [0.3, 0.4) is 0 Å². The van der Waals surface area contributed by atoms with Crippen LogP contribution in [0.1, 0.15) is 33.5 Å². The number of para-hydroxylation sites is 1. The zero-order valence-electron chi connectivity index (χ0n) is 16.3. The Morgan fingerprint density at radius 2 is 1.86 bits per heavy atom. The maximum absolute atomic E-state index is 12.2. The second kappa shape index (κ2) is 9.84. The van der Waals surface area contributed by atoms with Gasteiger partial charge in [0.15, 0.2) is 6.61 Å². The normalized spacial score (nSPS) is 10.4. The summed E-state index contributed by atoms with van der Waals surface area (Å²) in [7, 11) is 0. The van der Waals surface area contributed by atoms with E-state index < -0.39 is 5.97 Å². The summed E-state index contributed by atoms with van der Waals surface area (Å²) in [4.78, 5) is 28.6. The monoisotopic (exact) mass is 410 g/mol.